The average molecular weight is 373 g/mol. The van der Waals surface area contributed by atoms with Gasteiger partial charge in [-0.05, 0) is 19.1 Å². The Morgan fingerprint density at radius 1 is 0.679 bits per heavy atom. The molecule has 0 atom stereocenters. The number of hydrogen-bond donors (Lipinski definition) is 2. The highest BCUT2D eigenvalue weighted by Gasteiger charge is 2.16. The number of aryl methyl sites for hydroxylation is 1. The third-order valence-corrected chi connectivity index (χ3v) is 4.54. The number of benzene rings is 3. The van der Waals surface area contributed by atoms with E-state index in [1.54, 1.807) is 0 Å². The van der Waals surface area contributed by atoms with Gasteiger partial charge in [0.05, 0.1) is 13.1 Å². The molecule has 28 heavy (non-hydrogen) atoms. The summed E-state index contributed by atoms with van der Waals surface area (Å²) in [5.41, 5.74) is 4.84. The molecule has 2 N–H and O–H groups in total. The molecular weight excluding hydrogens is 350 g/mol. The number of nitrogens with zero attached hydrogens (tertiary/aromatic N) is 3. The Balaban J connectivity index is 1.92. The lowest BCUT2D eigenvalue weighted by Gasteiger charge is -2.26. The summed E-state index contributed by atoms with van der Waals surface area (Å²) in [5, 5.41) is 26.3. The normalized spacial score (nSPS) is 12.0. The first-order valence-electron chi connectivity index (χ1n) is 9.05. The number of rotatable bonds is 7. The molecule has 0 amide bonds. The monoisotopic (exact) mass is 373 g/mol. The zero-order chi connectivity index (χ0) is 19.8. The van der Waals surface area contributed by atoms with Crippen LogP contribution in [0.3, 0.4) is 0 Å². The van der Waals surface area contributed by atoms with E-state index in [1.807, 2.05) is 96.8 Å². The molecular formula is C23H23N3O2. The molecule has 0 aliphatic heterocycles. The largest absolute Gasteiger partial charge is 0.411 e. The molecule has 3 aromatic carbocycles. The van der Waals surface area contributed by atoms with Crippen molar-refractivity contribution in [2.24, 2.45) is 10.3 Å². The lowest BCUT2D eigenvalue weighted by molar-refractivity contribution is 0.318. The standard InChI is InChI=1S/C23H23N3O2/c1-18-12-14-21(15-13-18)26(16-22(24-27)19-8-4-2-5-9-19)17-23(25-28)20-10-6-3-7-11-20/h2-15,27-28H,16-17H2,1H3/b24-22+,25-23+. The molecule has 0 bridgehead atoms. The topological polar surface area (TPSA) is 68.4 Å². The number of hydrogen-bond acceptors (Lipinski definition) is 5. The van der Waals surface area contributed by atoms with E-state index in [-0.39, 0.29) is 0 Å². The van der Waals surface area contributed by atoms with Gasteiger partial charge in [0.2, 0.25) is 0 Å². The van der Waals surface area contributed by atoms with Gasteiger partial charge in [-0.25, -0.2) is 0 Å². The first kappa shape index (κ1) is 19.2. The van der Waals surface area contributed by atoms with Crippen LogP contribution in [0.15, 0.2) is 95.2 Å². The summed E-state index contributed by atoms with van der Waals surface area (Å²) in [5.74, 6) is 0. The third-order valence-electron chi connectivity index (χ3n) is 4.54. The summed E-state index contributed by atoms with van der Waals surface area (Å²) in [7, 11) is 0. The Morgan fingerprint density at radius 3 is 1.50 bits per heavy atom. The highest BCUT2D eigenvalue weighted by molar-refractivity contribution is 6.06. The highest BCUT2D eigenvalue weighted by atomic mass is 16.4. The van der Waals surface area contributed by atoms with Crippen LogP contribution in [-0.2, 0) is 0 Å². The predicted octanol–water partition coefficient (Wildman–Crippen LogP) is 4.56. The van der Waals surface area contributed by atoms with Gasteiger partial charge in [0, 0.05) is 16.8 Å². The minimum absolute atomic E-state index is 0.357. The van der Waals surface area contributed by atoms with E-state index in [2.05, 4.69) is 10.3 Å². The van der Waals surface area contributed by atoms with Crippen molar-refractivity contribution in [2.75, 3.05) is 18.0 Å². The van der Waals surface area contributed by atoms with E-state index in [1.165, 1.54) is 0 Å². The maximum Gasteiger partial charge on any atom is 0.106 e. The van der Waals surface area contributed by atoms with Crippen molar-refractivity contribution in [1.29, 1.82) is 0 Å². The number of oxime groups is 2. The van der Waals surface area contributed by atoms with E-state index in [9.17, 15) is 10.4 Å². The molecule has 142 valence electrons. The van der Waals surface area contributed by atoms with Gasteiger partial charge in [-0.1, -0.05) is 88.7 Å². The Kier molecular flexibility index (Phi) is 6.41. The second kappa shape index (κ2) is 9.37. The fraction of sp³-hybridized carbons (Fsp3) is 0.130. The first-order chi connectivity index (χ1) is 13.7. The van der Waals surface area contributed by atoms with Crippen LogP contribution in [0.4, 0.5) is 5.69 Å². The SMILES string of the molecule is Cc1ccc(N(C/C(=N\O)c2ccccc2)C/C(=N\O)c2ccccc2)cc1. The molecule has 0 aliphatic rings. The van der Waals surface area contributed by atoms with Crippen molar-refractivity contribution in [3.63, 3.8) is 0 Å². The Hall–Kier alpha value is -3.60. The van der Waals surface area contributed by atoms with E-state index in [0.29, 0.717) is 24.5 Å². The van der Waals surface area contributed by atoms with E-state index >= 15 is 0 Å². The van der Waals surface area contributed by atoms with Gasteiger partial charge in [0.15, 0.2) is 0 Å². The molecule has 0 heterocycles. The smallest absolute Gasteiger partial charge is 0.106 e. The molecule has 0 spiro atoms. The quantitative estimate of drug-likeness (QED) is 0.362. The minimum atomic E-state index is 0.357. The van der Waals surface area contributed by atoms with Crippen molar-refractivity contribution in [3.05, 3.63) is 102 Å². The van der Waals surface area contributed by atoms with E-state index in [4.69, 9.17) is 0 Å². The van der Waals surface area contributed by atoms with Crippen molar-refractivity contribution < 1.29 is 10.4 Å². The van der Waals surface area contributed by atoms with Crippen LogP contribution in [0.5, 0.6) is 0 Å². The highest BCUT2D eigenvalue weighted by Crippen LogP contribution is 2.18. The molecule has 0 radical (unpaired) electrons. The van der Waals surface area contributed by atoms with Crippen molar-refractivity contribution >= 4 is 17.1 Å². The summed E-state index contributed by atoms with van der Waals surface area (Å²) in [6.07, 6.45) is 0. The second-order valence-corrected chi connectivity index (χ2v) is 6.52. The molecule has 0 saturated carbocycles. The fourth-order valence-electron chi connectivity index (χ4n) is 2.98. The van der Waals surface area contributed by atoms with Crippen LogP contribution in [0.1, 0.15) is 16.7 Å². The van der Waals surface area contributed by atoms with Gasteiger partial charge in [-0.15, -0.1) is 0 Å². The predicted molar refractivity (Wildman–Crippen MR) is 113 cm³/mol. The average Bonchev–Trinajstić information content (AvgIpc) is 2.76. The first-order valence-corrected chi connectivity index (χ1v) is 9.05. The number of anilines is 1. The van der Waals surface area contributed by atoms with Gasteiger partial charge in [0.1, 0.15) is 11.4 Å². The van der Waals surface area contributed by atoms with E-state index < -0.39 is 0 Å². The van der Waals surface area contributed by atoms with Crippen molar-refractivity contribution in [3.8, 4) is 0 Å². The maximum atomic E-state index is 9.61. The second-order valence-electron chi connectivity index (χ2n) is 6.52. The molecule has 0 fully saturated rings. The van der Waals surface area contributed by atoms with Crippen molar-refractivity contribution in [1.82, 2.24) is 0 Å². The summed E-state index contributed by atoms with van der Waals surface area (Å²) in [6, 6.07) is 27.1. The van der Waals surface area contributed by atoms with Crippen LogP contribution in [0.25, 0.3) is 0 Å². The van der Waals surface area contributed by atoms with Gasteiger partial charge >= 0.3 is 0 Å². The molecule has 0 aliphatic carbocycles. The zero-order valence-electron chi connectivity index (χ0n) is 15.7. The molecule has 0 aromatic heterocycles. The molecule has 5 heteroatoms. The molecule has 5 nitrogen and oxygen atoms in total. The van der Waals surface area contributed by atoms with Crippen LogP contribution >= 0.6 is 0 Å². The van der Waals surface area contributed by atoms with Gasteiger partial charge < -0.3 is 15.3 Å². The zero-order valence-corrected chi connectivity index (χ0v) is 15.7. The van der Waals surface area contributed by atoms with E-state index in [0.717, 1.165) is 22.4 Å². The fourth-order valence-corrected chi connectivity index (χ4v) is 2.98. The maximum absolute atomic E-state index is 9.61. The van der Waals surface area contributed by atoms with Crippen LogP contribution in [-0.4, -0.2) is 34.9 Å². The summed E-state index contributed by atoms with van der Waals surface area (Å²) < 4.78 is 0. The van der Waals surface area contributed by atoms with Gasteiger partial charge in [-0.3, -0.25) is 0 Å². The van der Waals surface area contributed by atoms with Crippen LogP contribution < -0.4 is 4.90 Å². The molecule has 0 unspecified atom stereocenters. The minimum Gasteiger partial charge on any atom is -0.411 e. The van der Waals surface area contributed by atoms with Crippen molar-refractivity contribution in [2.45, 2.75) is 6.92 Å². The van der Waals surface area contributed by atoms with Gasteiger partial charge in [-0.2, -0.15) is 0 Å². The Bertz CT molecular complexity index is 879. The molecule has 3 rings (SSSR count). The lowest BCUT2D eigenvalue weighted by Crippen LogP contribution is -2.35. The summed E-state index contributed by atoms with van der Waals surface area (Å²) in [4.78, 5) is 2.02. The molecule has 3 aromatic rings. The van der Waals surface area contributed by atoms with Gasteiger partial charge in [0.25, 0.3) is 0 Å². The van der Waals surface area contributed by atoms with Crippen LogP contribution in [0, 0.1) is 6.92 Å². The Morgan fingerprint density at radius 2 is 1.11 bits per heavy atom. The summed E-state index contributed by atoms with van der Waals surface area (Å²) in [6.45, 7) is 2.74. The van der Waals surface area contributed by atoms with Crippen LogP contribution in [0.2, 0.25) is 0 Å². The summed E-state index contributed by atoms with van der Waals surface area (Å²) >= 11 is 0. The lowest BCUT2D eigenvalue weighted by atomic mass is 10.1. The molecule has 0 saturated heterocycles. The third kappa shape index (κ3) is 4.76. The Labute approximate surface area is 164 Å².